The molecule has 0 bridgehead atoms. The Bertz CT molecular complexity index is 889. The van der Waals surface area contributed by atoms with Gasteiger partial charge in [0, 0.05) is 36.9 Å². The van der Waals surface area contributed by atoms with Crippen LogP contribution in [0.3, 0.4) is 0 Å². The number of aryl methyl sites for hydroxylation is 1. The van der Waals surface area contributed by atoms with Crippen molar-refractivity contribution < 1.29 is 9.13 Å². The minimum Gasteiger partial charge on any atom is -0.379 e. The van der Waals surface area contributed by atoms with Gasteiger partial charge in [-0.05, 0) is 41.7 Å². The fourth-order valence-corrected chi connectivity index (χ4v) is 4.47. The number of aliphatic imine (C=N–C) groups is 1. The molecule has 0 radical (unpaired) electrons. The quantitative estimate of drug-likeness (QED) is 0.710. The van der Waals surface area contributed by atoms with E-state index in [2.05, 4.69) is 38.2 Å². The zero-order valence-electron chi connectivity index (χ0n) is 17.2. The molecule has 3 heterocycles. The van der Waals surface area contributed by atoms with Crippen molar-refractivity contribution in [3.05, 3.63) is 50.3 Å². The largest absolute Gasteiger partial charge is 0.379 e. The Morgan fingerprint density at radius 3 is 2.62 bits per heavy atom. The zero-order chi connectivity index (χ0) is 21.0. The van der Waals surface area contributed by atoms with Crippen LogP contribution < -0.4 is 5.32 Å². The van der Waals surface area contributed by atoms with Crippen molar-refractivity contribution in [2.75, 3.05) is 32.8 Å². The molecule has 0 saturated carbocycles. The SMILES string of the molecule is CC.CC1=C(CN2CCOCC2)NC(c2nn(C)s2)=NC1c1ccc(F)cc1Br. The second kappa shape index (κ2) is 9.97. The first kappa shape index (κ1) is 22.1. The highest BCUT2D eigenvalue weighted by atomic mass is 79.9. The first-order valence-electron chi connectivity index (χ1n) is 9.81. The lowest BCUT2D eigenvalue weighted by Gasteiger charge is -2.32. The van der Waals surface area contributed by atoms with Gasteiger partial charge in [-0.2, -0.15) is 0 Å². The lowest BCUT2D eigenvalue weighted by atomic mass is 9.96. The van der Waals surface area contributed by atoms with Crippen molar-refractivity contribution in [1.29, 1.82) is 0 Å². The predicted molar refractivity (Wildman–Crippen MR) is 119 cm³/mol. The van der Waals surface area contributed by atoms with Gasteiger partial charge in [0.2, 0.25) is 0 Å². The lowest BCUT2D eigenvalue weighted by molar-refractivity contribution is 0.0417. The average molecular weight is 484 g/mol. The van der Waals surface area contributed by atoms with Crippen LogP contribution in [0.5, 0.6) is 0 Å². The van der Waals surface area contributed by atoms with Gasteiger partial charge in [0.1, 0.15) is 11.9 Å². The number of morpholine rings is 1. The second-order valence-corrected chi connectivity index (χ2v) is 8.63. The van der Waals surface area contributed by atoms with E-state index in [9.17, 15) is 4.39 Å². The van der Waals surface area contributed by atoms with E-state index >= 15 is 0 Å². The fourth-order valence-electron chi connectivity index (χ4n) is 3.30. The standard InChI is InChI=1S/C18H21BrFN5OS.C2H6/c1-11-15(10-25-5-7-26-8-6-25)21-17(18-23-24(2)27-18)22-16(11)13-4-3-12(20)9-14(13)19;1-2/h3-4,9,16H,5-8,10H2,1-2H3,(H,21,22);1-2H3. The molecule has 29 heavy (non-hydrogen) atoms. The molecule has 2 aromatic rings. The number of hydrogen-bond acceptors (Lipinski definition) is 6. The highest BCUT2D eigenvalue weighted by Crippen LogP contribution is 2.36. The van der Waals surface area contributed by atoms with Gasteiger partial charge < -0.3 is 10.1 Å². The summed E-state index contributed by atoms with van der Waals surface area (Å²) in [5, 5.41) is 8.76. The van der Waals surface area contributed by atoms with Crippen LogP contribution in [-0.4, -0.2) is 52.8 Å². The van der Waals surface area contributed by atoms with E-state index in [4.69, 9.17) is 9.73 Å². The second-order valence-electron chi connectivity index (χ2n) is 6.68. The van der Waals surface area contributed by atoms with Gasteiger partial charge in [0.25, 0.3) is 0 Å². The highest BCUT2D eigenvalue weighted by molar-refractivity contribution is 9.10. The van der Waals surface area contributed by atoms with Gasteiger partial charge in [0.05, 0.1) is 13.2 Å². The molecule has 2 aliphatic rings. The molecule has 158 valence electrons. The molecule has 1 atom stereocenters. The molecule has 4 rings (SSSR count). The van der Waals surface area contributed by atoms with Crippen LogP contribution in [0.25, 0.3) is 0 Å². The number of hydrogen-bond donors (Lipinski definition) is 1. The third-order valence-corrected chi connectivity index (χ3v) is 6.29. The summed E-state index contributed by atoms with van der Waals surface area (Å²) in [6.07, 6.45) is 0. The van der Waals surface area contributed by atoms with Crippen molar-refractivity contribution in [2.24, 2.45) is 12.0 Å². The molecule has 0 spiro atoms. The van der Waals surface area contributed by atoms with Crippen LogP contribution >= 0.6 is 27.5 Å². The van der Waals surface area contributed by atoms with E-state index in [0.29, 0.717) is 0 Å². The molecule has 0 aliphatic carbocycles. The predicted octanol–water partition coefficient (Wildman–Crippen LogP) is 4.11. The van der Waals surface area contributed by atoms with E-state index < -0.39 is 0 Å². The Balaban J connectivity index is 0.00000117. The summed E-state index contributed by atoms with van der Waals surface area (Å²) in [5.74, 6) is 0.507. The lowest BCUT2D eigenvalue weighted by Crippen LogP contribution is -2.42. The Labute approximate surface area is 183 Å². The van der Waals surface area contributed by atoms with Crippen LogP contribution in [0.2, 0.25) is 0 Å². The average Bonchev–Trinajstić information content (AvgIpc) is 2.70. The third kappa shape index (κ3) is 5.14. The number of rotatable bonds is 4. The van der Waals surface area contributed by atoms with Gasteiger partial charge in [-0.3, -0.25) is 9.89 Å². The van der Waals surface area contributed by atoms with E-state index in [1.54, 1.807) is 21.7 Å². The van der Waals surface area contributed by atoms with Crippen molar-refractivity contribution in [3.63, 3.8) is 0 Å². The molecule has 0 amide bonds. The maximum absolute atomic E-state index is 13.6. The van der Waals surface area contributed by atoms with Crippen molar-refractivity contribution in [2.45, 2.75) is 26.8 Å². The van der Waals surface area contributed by atoms with Gasteiger partial charge in [-0.1, -0.05) is 35.8 Å². The van der Waals surface area contributed by atoms with Crippen LogP contribution in [0.1, 0.15) is 37.4 Å². The summed E-state index contributed by atoms with van der Waals surface area (Å²) in [6, 6.07) is 4.59. The minimum absolute atomic E-state index is 0.179. The van der Waals surface area contributed by atoms with Gasteiger partial charge in [-0.15, -0.1) is 5.10 Å². The highest BCUT2D eigenvalue weighted by Gasteiger charge is 2.28. The number of halogens is 2. The molecule has 1 aromatic heterocycles. The first-order valence-corrected chi connectivity index (χ1v) is 11.4. The maximum atomic E-state index is 13.6. The van der Waals surface area contributed by atoms with Crippen LogP contribution in [0.4, 0.5) is 4.39 Å². The van der Waals surface area contributed by atoms with Crippen LogP contribution in [0, 0.1) is 5.82 Å². The fraction of sp³-hybridized carbons (Fsp3) is 0.500. The summed E-state index contributed by atoms with van der Waals surface area (Å²) in [7, 11) is 1.90. The number of nitrogens with zero attached hydrogens (tertiary/aromatic N) is 4. The number of aromatic nitrogens is 2. The van der Waals surface area contributed by atoms with E-state index in [1.165, 1.54) is 12.1 Å². The minimum atomic E-state index is -0.264. The summed E-state index contributed by atoms with van der Waals surface area (Å²) in [4.78, 5) is 7.27. The molecule has 1 N–H and O–H groups in total. The molecule has 2 aliphatic heterocycles. The van der Waals surface area contributed by atoms with E-state index in [0.717, 1.165) is 65.0 Å². The summed E-state index contributed by atoms with van der Waals surface area (Å²) < 4.78 is 21.6. The van der Waals surface area contributed by atoms with Gasteiger partial charge >= 0.3 is 0 Å². The number of nitrogens with one attached hydrogen (secondary N) is 1. The molecule has 1 fully saturated rings. The number of benzene rings is 1. The topological polar surface area (TPSA) is 54.7 Å². The van der Waals surface area contributed by atoms with Gasteiger partial charge in [-0.25, -0.2) is 8.46 Å². The summed E-state index contributed by atoms with van der Waals surface area (Å²) in [6.45, 7) is 10.2. The van der Waals surface area contributed by atoms with E-state index in [-0.39, 0.29) is 11.9 Å². The van der Waals surface area contributed by atoms with E-state index in [1.807, 2.05) is 20.9 Å². The van der Waals surface area contributed by atoms with Gasteiger partial charge in [0.15, 0.2) is 10.8 Å². The Morgan fingerprint density at radius 1 is 1.31 bits per heavy atom. The Hall–Kier alpha value is -1.55. The maximum Gasteiger partial charge on any atom is 0.197 e. The zero-order valence-corrected chi connectivity index (χ0v) is 19.6. The number of ether oxygens (including phenoxy) is 1. The smallest absolute Gasteiger partial charge is 0.197 e. The molecular formula is C20H27BrFN5OS. The van der Waals surface area contributed by atoms with Crippen LogP contribution in [-0.2, 0) is 11.8 Å². The molecule has 6 nitrogen and oxygen atoms in total. The molecule has 9 heteroatoms. The Morgan fingerprint density at radius 2 is 2.00 bits per heavy atom. The molecule has 1 saturated heterocycles. The molecule has 1 aromatic carbocycles. The Kier molecular flexibility index (Phi) is 7.61. The monoisotopic (exact) mass is 483 g/mol. The van der Waals surface area contributed by atoms with Crippen molar-refractivity contribution in [1.82, 2.24) is 19.4 Å². The first-order chi connectivity index (χ1) is 14.0. The molecular weight excluding hydrogens is 457 g/mol. The normalized spacial score (nSPS) is 20.1. The number of amidine groups is 1. The van der Waals surface area contributed by atoms with Crippen molar-refractivity contribution in [3.8, 4) is 0 Å². The third-order valence-electron chi connectivity index (χ3n) is 4.81. The van der Waals surface area contributed by atoms with Crippen LogP contribution in [0.15, 0.2) is 38.9 Å². The van der Waals surface area contributed by atoms with Crippen molar-refractivity contribution >= 4 is 33.3 Å². The summed E-state index contributed by atoms with van der Waals surface area (Å²) >= 11 is 5.05. The summed E-state index contributed by atoms with van der Waals surface area (Å²) in [5.41, 5.74) is 3.21. The molecule has 1 unspecified atom stereocenters.